The lowest BCUT2D eigenvalue weighted by molar-refractivity contribution is 0.813. The molecule has 0 aliphatic carbocycles. The second kappa shape index (κ2) is 4.92. The molecule has 3 rings (SSSR count). The lowest BCUT2D eigenvalue weighted by Gasteiger charge is -2.06. The SMILES string of the molecule is Cc1cc2nnc(CCc3ccccc3N)n2c(C)n1. The quantitative estimate of drug-likeness (QED) is 0.738. The van der Waals surface area contributed by atoms with Crippen LogP contribution in [0.25, 0.3) is 5.65 Å². The molecular weight excluding hydrogens is 250 g/mol. The lowest BCUT2D eigenvalue weighted by Crippen LogP contribution is -2.04. The third kappa shape index (κ3) is 2.22. The third-order valence-corrected chi connectivity index (χ3v) is 3.43. The second-order valence-corrected chi connectivity index (χ2v) is 4.95. The normalized spacial score (nSPS) is 11.1. The number of hydrogen-bond donors (Lipinski definition) is 1. The minimum atomic E-state index is 0.793. The summed E-state index contributed by atoms with van der Waals surface area (Å²) in [5, 5.41) is 8.49. The maximum Gasteiger partial charge on any atom is 0.164 e. The molecule has 5 heteroatoms. The minimum Gasteiger partial charge on any atom is -0.399 e. The zero-order chi connectivity index (χ0) is 14.1. The topological polar surface area (TPSA) is 69.1 Å². The van der Waals surface area contributed by atoms with Crippen LogP contribution in [0.15, 0.2) is 30.3 Å². The standard InChI is InChI=1S/C15H17N5/c1-10-9-15-19-18-14(20(15)11(2)17-10)8-7-12-5-3-4-6-13(12)16/h3-6,9H,7-8,16H2,1-2H3. The van der Waals surface area contributed by atoms with E-state index in [4.69, 9.17) is 5.73 Å². The first-order valence-corrected chi connectivity index (χ1v) is 6.67. The molecule has 0 fully saturated rings. The van der Waals surface area contributed by atoms with E-state index < -0.39 is 0 Å². The van der Waals surface area contributed by atoms with Gasteiger partial charge in [-0.1, -0.05) is 18.2 Å². The highest BCUT2D eigenvalue weighted by Crippen LogP contribution is 2.15. The Bertz CT molecular complexity index is 760. The van der Waals surface area contributed by atoms with E-state index in [0.717, 1.165) is 47.1 Å². The van der Waals surface area contributed by atoms with Crippen molar-refractivity contribution in [3.05, 3.63) is 53.2 Å². The molecule has 2 heterocycles. The average Bonchev–Trinajstić information content (AvgIpc) is 2.81. The van der Waals surface area contributed by atoms with Crippen LogP contribution in [0.4, 0.5) is 5.69 Å². The van der Waals surface area contributed by atoms with E-state index in [2.05, 4.69) is 15.2 Å². The first-order valence-electron chi connectivity index (χ1n) is 6.67. The number of nitrogens with two attached hydrogens (primary N) is 1. The summed E-state index contributed by atoms with van der Waals surface area (Å²) < 4.78 is 2.01. The Morgan fingerprint density at radius 2 is 1.90 bits per heavy atom. The van der Waals surface area contributed by atoms with Crippen molar-refractivity contribution in [2.75, 3.05) is 5.73 Å². The Morgan fingerprint density at radius 3 is 2.70 bits per heavy atom. The van der Waals surface area contributed by atoms with E-state index in [1.54, 1.807) is 0 Å². The van der Waals surface area contributed by atoms with Gasteiger partial charge < -0.3 is 5.73 Å². The van der Waals surface area contributed by atoms with Gasteiger partial charge in [-0.05, 0) is 31.9 Å². The molecule has 0 spiro atoms. The number of benzene rings is 1. The van der Waals surface area contributed by atoms with Gasteiger partial charge in [-0.2, -0.15) is 0 Å². The van der Waals surface area contributed by atoms with Crippen LogP contribution in [-0.4, -0.2) is 19.6 Å². The van der Waals surface area contributed by atoms with Crippen LogP contribution in [-0.2, 0) is 12.8 Å². The Balaban J connectivity index is 1.90. The maximum absolute atomic E-state index is 5.97. The van der Waals surface area contributed by atoms with Gasteiger partial charge in [-0.25, -0.2) is 4.98 Å². The van der Waals surface area contributed by atoms with Crippen LogP contribution in [0.2, 0.25) is 0 Å². The van der Waals surface area contributed by atoms with Gasteiger partial charge in [0.1, 0.15) is 11.6 Å². The predicted octanol–water partition coefficient (Wildman–Crippen LogP) is 2.11. The van der Waals surface area contributed by atoms with Crippen molar-refractivity contribution >= 4 is 11.3 Å². The molecular formula is C15H17N5. The monoisotopic (exact) mass is 267 g/mol. The summed E-state index contributed by atoms with van der Waals surface area (Å²) in [6, 6.07) is 9.87. The highest BCUT2D eigenvalue weighted by atomic mass is 15.3. The fraction of sp³-hybridized carbons (Fsp3) is 0.267. The first kappa shape index (κ1) is 12.6. The predicted molar refractivity (Wildman–Crippen MR) is 78.5 cm³/mol. The van der Waals surface area contributed by atoms with E-state index in [-0.39, 0.29) is 0 Å². The number of nitrogen functional groups attached to an aromatic ring is 1. The molecule has 0 saturated carbocycles. The summed E-state index contributed by atoms with van der Waals surface area (Å²) in [6.07, 6.45) is 1.64. The molecule has 0 bridgehead atoms. The molecule has 3 aromatic rings. The van der Waals surface area contributed by atoms with Crippen LogP contribution in [0.1, 0.15) is 22.9 Å². The Morgan fingerprint density at radius 1 is 1.10 bits per heavy atom. The molecule has 0 amide bonds. The number of aromatic nitrogens is 4. The lowest BCUT2D eigenvalue weighted by atomic mass is 10.1. The second-order valence-electron chi connectivity index (χ2n) is 4.95. The van der Waals surface area contributed by atoms with Crippen molar-refractivity contribution in [2.24, 2.45) is 0 Å². The third-order valence-electron chi connectivity index (χ3n) is 3.43. The van der Waals surface area contributed by atoms with Crippen molar-refractivity contribution in [2.45, 2.75) is 26.7 Å². The zero-order valence-corrected chi connectivity index (χ0v) is 11.7. The molecule has 0 atom stereocenters. The Hall–Kier alpha value is -2.43. The van der Waals surface area contributed by atoms with E-state index >= 15 is 0 Å². The zero-order valence-electron chi connectivity index (χ0n) is 11.7. The van der Waals surface area contributed by atoms with E-state index in [1.165, 1.54) is 0 Å². The molecule has 102 valence electrons. The molecule has 0 radical (unpaired) electrons. The van der Waals surface area contributed by atoms with Crippen LogP contribution < -0.4 is 5.73 Å². The van der Waals surface area contributed by atoms with Crippen molar-refractivity contribution in [1.29, 1.82) is 0 Å². The Kier molecular flexibility index (Phi) is 3.10. The van der Waals surface area contributed by atoms with Crippen molar-refractivity contribution in [3.63, 3.8) is 0 Å². The number of hydrogen-bond acceptors (Lipinski definition) is 4. The molecule has 20 heavy (non-hydrogen) atoms. The van der Waals surface area contributed by atoms with Crippen molar-refractivity contribution < 1.29 is 0 Å². The number of rotatable bonds is 3. The van der Waals surface area contributed by atoms with Crippen LogP contribution in [0.3, 0.4) is 0 Å². The number of aryl methyl sites for hydroxylation is 4. The molecule has 1 aromatic carbocycles. The molecule has 0 saturated heterocycles. The van der Waals surface area contributed by atoms with Gasteiger partial charge in [0.15, 0.2) is 5.65 Å². The maximum atomic E-state index is 5.97. The van der Waals surface area contributed by atoms with Crippen LogP contribution in [0.5, 0.6) is 0 Å². The largest absolute Gasteiger partial charge is 0.399 e. The average molecular weight is 267 g/mol. The number of nitrogens with zero attached hydrogens (tertiary/aromatic N) is 4. The number of para-hydroxylation sites is 1. The summed E-state index contributed by atoms with van der Waals surface area (Å²) in [4.78, 5) is 4.47. The molecule has 2 N–H and O–H groups in total. The van der Waals surface area contributed by atoms with Gasteiger partial charge in [-0.3, -0.25) is 4.40 Å². The van der Waals surface area contributed by atoms with E-state index in [0.29, 0.717) is 0 Å². The summed E-state index contributed by atoms with van der Waals surface area (Å²) >= 11 is 0. The van der Waals surface area contributed by atoms with Gasteiger partial charge in [0.25, 0.3) is 0 Å². The van der Waals surface area contributed by atoms with Crippen molar-refractivity contribution in [1.82, 2.24) is 19.6 Å². The minimum absolute atomic E-state index is 0.793. The van der Waals surface area contributed by atoms with E-state index in [1.807, 2.05) is 48.6 Å². The molecule has 0 unspecified atom stereocenters. The van der Waals surface area contributed by atoms with Gasteiger partial charge in [-0.15, -0.1) is 10.2 Å². The van der Waals surface area contributed by atoms with Crippen LogP contribution >= 0.6 is 0 Å². The molecule has 0 aliphatic heterocycles. The summed E-state index contributed by atoms with van der Waals surface area (Å²) in [6.45, 7) is 3.94. The molecule has 2 aromatic heterocycles. The van der Waals surface area contributed by atoms with Gasteiger partial charge in [0, 0.05) is 23.9 Å². The highest BCUT2D eigenvalue weighted by molar-refractivity contribution is 5.46. The van der Waals surface area contributed by atoms with Gasteiger partial charge in [0.05, 0.1) is 0 Å². The number of anilines is 1. The van der Waals surface area contributed by atoms with Gasteiger partial charge >= 0.3 is 0 Å². The smallest absolute Gasteiger partial charge is 0.164 e. The molecule has 5 nitrogen and oxygen atoms in total. The summed E-state index contributed by atoms with van der Waals surface area (Å²) in [7, 11) is 0. The molecule has 0 aliphatic rings. The van der Waals surface area contributed by atoms with Gasteiger partial charge in [0.2, 0.25) is 0 Å². The summed E-state index contributed by atoms with van der Waals surface area (Å²) in [5.74, 6) is 1.84. The highest BCUT2D eigenvalue weighted by Gasteiger charge is 2.10. The Labute approximate surface area is 117 Å². The first-order chi connectivity index (χ1) is 9.65. The van der Waals surface area contributed by atoms with Crippen molar-refractivity contribution in [3.8, 4) is 0 Å². The number of fused-ring (bicyclic) bond motifs is 1. The van der Waals surface area contributed by atoms with E-state index in [9.17, 15) is 0 Å². The van der Waals surface area contributed by atoms with Crippen LogP contribution in [0, 0.1) is 13.8 Å². The fourth-order valence-electron chi connectivity index (χ4n) is 2.47. The fourth-order valence-corrected chi connectivity index (χ4v) is 2.47. The summed E-state index contributed by atoms with van der Waals surface area (Å²) in [5.41, 5.74) is 9.75.